The van der Waals surface area contributed by atoms with E-state index in [0.717, 1.165) is 24.5 Å². The minimum Gasteiger partial charge on any atom is -0.494 e. The number of rotatable bonds is 7. The van der Waals surface area contributed by atoms with Crippen molar-refractivity contribution in [1.82, 2.24) is 0 Å². The number of hydrogen-bond acceptors (Lipinski definition) is 3. The van der Waals surface area contributed by atoms with Crippen LogP contribution in [0, 0.1) is 0 Å². The zero-order valence-electron chi connectivity index (χ0n) is 10.3. The molecule has 1 unspecified atom stereocenters. The van der Waals surface area contributed by atoms with E-state index in [4.69, 9.17) is 9.47 Å². The van der Waals surface area contributed by atoms with E-state index in [0.29, 0.717) is 12.6 Å². The highest BCUT2D eigenvalue weighted by Crippen LogP contribution is 2.18. The molecule has 1 atom stereocenters. The van der Waals surface area contributed by atoms with Gasteiger partial charge in [0, 0.05) is 24.9 Å². The van der Waals surface area contributed by atoms with Crippen LogP contribution in [0.2, 0.25) is 0 Å². The Hall–Kier alpha value is -1.22. The van der Waals surface area contributed by atoms with Gasteiger partial charge in [-0.3, -0.25) is 0 Å². The zero-order chi connectivity index (χ0) is 11.8. The highest BCUT2D eigenvalue weighted by Gasteiger charge is 2.05. The number of nitrogens with one attached hydrogen (secondary N) is 1. The molecule has 0 saturated carbocycles. The van der Waals surface area contributed by atoms with Gasteiger partial charge in [-0.1, -0.05) is 13.0 Å². The number of methoxy groups -OCH3 is 1. The van der Waals surface area contributed by atoms with Gasteiger partial charge < -0.3 is 14.8 Å². The van der Waals surface area contributed by atoms with Gasteiger partial charge in [-0.05, 0) is 25.5 Å². The van der Waals surface area contributed by atoms with Crippen molar-refractivity contribution >= 4 is 5.69 Å². The van der Waals surface area contributed by atoms with Crippen molar-refractivity contribution in [2.24, 2.45) is 0 Å². The van der Waals surface area contributed by atoms with Gasteiger partial charge in [-0.15, -0.1) is 0 Å². The Morgan fingerprint density at radius 1 is 1.31 bits per heavy atom. The Kier molecular flexibility index (Phi) is 5.72. The molecule has 0 aliphatic rings. The maximum atomic E-state index is 5.45. The highest BCUT2D eigenvalue weighted by atomic mass is 16.5. The summed E-state index contributed by atoms with van der Waals surface area (Å²) in [6.45, 7) is 5.54. The van der Waals surface area contributed by atoms with E-state index in [1.165, 1.54) is 0 Å². The van der Waals surface area contributed by atoms with Crippen molar-refractivity contribution in [1.29, 1.82) is 0 Å². The summed E-state index contributed by atoms with van der Waals surface area (Å²) in [5, 5.41) is 3.42. The van der Waals surface area contributed by atoms with E-state index in [9.17, 15) is 0 Å². The second kappa shape index (κ2) is 7.12. The van der Waals surface area contributed by atoms with E-state index in [-0.39, 0.29) is 0 Å². The number of ether oxygens (including phenoxy) is 2. The van der Waals surface area contributed by atoms with Crippen molar-refractivity contribution in [3.05, 3.63) is 24.3 Å². The molecule has 16 heavy (non-hydrogen) atoms. The molecule has 0 spiro atoms. The van der Waals surface area contributed by atoms with E-state index < -0.39 is 0 Å². The second-order valence-electron chi connectivity index (χ2n) is 3.67. The van der Waals surface area contributed by atoms with Crippen LogP contribution < -0.4 is 10.1 Å². The van der Waals surface area contributed by atoms with Gasteiger partial charge in [0.25, 0.3) is 0 Å². The quantitative estimate of drug-likeness (QED) is 0.771. The summed E-state index contributed by atoms with van der Waals surface area (Å²) < 4.78 is 10.6. The summed E-state index contributed by atoms with van der Waals surface area (Å²) in [5.74, 6) is 0.903. The standard InChI is InChI=1S/C13H21NO2/c1-4-11(10-15-3)14-12-7-6-8-13(9-12)16-5-2/h6-9,11,14H,4-5,10H2,1-3H3. The largest absolute Gasteiger partial charge is 0.494 e. The first kappa shape index (κ1) is 12.8. The lowest BCUT2D eigenvalue weighted by Crippen LogP contribution is -2.23. The molecule has 0 aliphatic carbocycles. The van der Waals surface area contributed by atoms with Gasteiger partial charge in [-0.25, -0.2) is 0 Å². The van der Waals surface area contributed by atoms with Gasteiger partial charge in [0.2, 0.25) is 0 Å². The summed E-state index contributed by atoms with van der Waals surface area (Å²) in [4.78, 5) is 0. The molecule has 0 aliphatic heterocycles. The molecule has 0 fully saturated rings. The average molecular weight is 223 g/mol. The molecule has 1 aromatic rings. The van der Waals surface area contributed by atoms with Gasteiger partial charge in [0.15, 0.2) is 0 Å². The van der Waals surface area contributed by atoms with Crippen molar-refractivity contribution in [3.63, 3.8) is 0 Å². The monoisotopic (exact) mass is 223 g/mol. The van der Waals surface area contributed by atoms with Crippen LogP contribution in [0.15, 0.2) is 24.3 Å². The number of anilines is 1. The van der Waals surface area contributed by atoms with Crippen molar-refractivity contribution in [3.8, 4) is 5.75 Å². The van der Waals surface area contributed by atoms with Crippen LogP contribution in [0.3, 0.4) is 0 Å². The summed E-state index contributed by atoms with van der Waals surface area (Å²) in [5.41, 5.74) is 1.08. The maximum absolute atomic E-state index is 5.45. The molecule has 0 bridgehead atoms. The molecule has 0 radical (unpaired) electrons. The molecule has 0 saturated heterocycles. The van der Waals surface area contributed by atoms with Crippen LogP contribution in [0.5, 0.6) is 5.75 Å². The lowest BCUT2D eigenvalue weighted by Gasteiger charge is -2.17. The van der Waals surface area contributed by atoms with Crippen molar-refractivity contribution in [2.75, 3.05) is 25.6 Å². The Morgan fingerprint density at radius 3 is 2.75 bits per heavy atom. The van der Waals surface area contributed by atoms with Crippen LogP contribution >= 0.6 is 0 Å². The molecule has 1 N–H and O–H groups in total. The molecular formula is C13H21NO2. The molecule has 0 aromatic heterocycles. The number of benzene rings is 1. The minimum absolute atomic E-state index is 0.349. The third-order valence-corrected chi connectivity index (χ3v) is 2.38. The fourth-order valence-corrected chi connectivity index (χ4v) is 1.54. The topological polar surface area (TPSA) is 30.5 Å². The second-order valence-corrected chi connectivity index (χ2v) is 3.67. The molecule has 0 heterocycles. The lowest BCUT2D eigenvalue weighted by molar-refractivity contribution is 0.184. The first-order chi connectivity index (χ1) is 7.80. The molecule has 3 nitrogen and oxygen atoms in total. The molecule has 0 amide bonds. The zero-order valence-corrected chi connectivity index (χ0v) is 10.3. The Balaban J connectivity index is 2.60. The fraction of sp³-hybridized carbons (Fsp3) is 0.538. The third-order valence-electron chi connectivity index (χ3n) is 2.38. The van der Waals surface area contributed by atoms with E-state index in [1.807, 2.05) is 31.2 Å². The van der Waals surface area contributed by atoms with E-state index in [1.54, 1.807) is 7.11 Å². The van der Waals surface area contributed by atoms with Crippen LogP contribution in [0.4, 0.5) is 5.69 Å². The Bertz CT molecular complexity index is 302. The van der Waals surface area contributed by atoms with Crippen LogP contribution in [0.25, 0.3) is 0 Å². The Labute approximate surface area is 97.8 Å². The predicted molar refractivity (Wildman–Crippen MR) is 67.2 cm³/mol. The maximum Gasteiger partial charge on any atom is 0.121 e. The van der Waals surface area contributed by atoms with Crippen LogP contribution in [-0.2, 0) is 4.74 Å². The normalized spacial score (nSPS) is 12.2. The van der Waals surface area contributed by atoms with Gasteiger partial charge >= 0.3 is 0 Å². The van der Waals surface area contributed by atoms with Gasteiger partial charge in [-0.2, -0.15) is 0 Å². The first-order valence-corrected chi connectivity index (χ1v) is 5.78. The van der Waals surface area contributed by atoms with E-state index in [2.05, 4.69) is 12.2 Å². The molecule has 1 rings (SSSR count). The summed E-state index contributed by atoms with van der Waals surface area (Å²) in [6.07, 6.45) is 1.03. The SMILES string of the molecule is CCOc1cccc(NC(CC)COC)c1. The number of hydrogen-bond donors (Lipinski definition) is 1. The summed E-state index contributed by atoms with van der Waals surface area (Å²) in [7, 11) is 1.72. The van der Waals surface area contributed by atoms with Crippen molar-refractivity contribution < 1.29 is 9.47 Å². The third kappa shape index (κ3) is 4.11. The van der Waals surface area contributed by atoms with Gasteiger partial charge in [0.1, 0.15) is 5.75 Å². The smallest absolute Gasteiger partial charge is 0.121 e. The molecule has 1 aromatic carbocycles. The van der Waals surface area contributed by atoms with Gasteiger partial charge in [0.05, 0.1) is 13.2 Å². The highest BCUT2D eigenvalue weighted by molar-refractivity contribution is 5.48. The summed E-state index contributed by atoms with van der Waals surface area (Å²) >= 11 is 0. The van der Waals surface area contributed by atoms with Crippen molar-refractivity contribution in [2.45, 2.75) is 26.3 Å². The Morgan fingerprint density at radius 2 is 2.12 bits per heavy atom. The minimum atomic E-state index is 0.349. The average Bonchev–Trinajstić information content (AvgIpc) is 2.29. The van der Waals surface area contributed by atoms with E-state index >= 15 is 0 Å². The fourth-order valence-electron chi connectivity index (χ4n) is 1.54. The van der Waals surface area contributed by atoms with Crippen LogP contribution in [0.1, 0.15) is 20.3 Å². The molecule has 90 valence electrons. The van der Waals surface area contributed by atoms with Crippen LogP contribution in [-0.4, -0.2) is 26.4 Å². The lowest BCUT2D eigenvalue weighted by atomic mass is 10.2. The summed E-state index contributed by atoms with van der Waals surface area (Å²) in [6, 6.07) is 8.36. The molecule has 3 heteroatoms. The predicted octanol–water partition coefficient (Wildman–Crippen LogP) is 2.92. The first-order valence-electron chi connectivity index (χ1n) is 5.78. The molecular weight excluding hydrogens is 202 g/mol.